The SMILES string of the molecule is CC(C)CNC(=O)[C@@H](C)N(Cc1cccc(Br)c1)C(=O)CN(c1ccccc1F)S(=O)(=O)N(C)C. The number of benzene rings is 2. The van der Waals surface area contributed by atoms with E-state index in [1.54, 1.807) is 19.1 Å². The van der Waals surface area contributed by atoms with Gasteiger partial charge in [0, 0.05) is 31.7 Å². The average Bonchev–Trinajstić information content (AvgIpc) is 2.79. The van der Waals surface area contributed by atoms with Crippen molar-refractivity contribution >= 4 is 43.6 Å². The largest absolute Gasteiger partial charge is 0.354 e. The highest BCUT2D eigenvalue weighted by molar-refractivity contribution is 9.10. The Labute approximate surface area is 215 Å². The van der Waals surface area contributed by atoms with Crippen LogP contribution in [-0.2, 0) is 26.3 Å². The zero-order valence-electron chi connectivity index (χ0n) is 20.5. The summed E-state index contributed by atoms with van der Waals surface area (Å²) in [6.07, 6.45) is 0. The first-order valence-corrected chi connectivity index (χ1v) is 13.3. The van der Waals surface area contributed by atoms with Crippen molar-refractivity contribution in [1.82, 2.24) is 14.5 Å². The van der Waals surface area contributed by atoms with Crippen LogP contribution in [0.4, 0.5) is 10.1 Å². The maximum absolute atomic E-state index is 14.6. The summed E-state index contributed by atoms with van der Waals surface area (Å²) in [5.41, 5.74) is 0.484. The van der Waals surface area contributed by atoms with Gasteiger partial charge in [0.15, 0.2) is 0 Å². The van der Waals surface area contributed by atoms with Gasteiger partial charge >= 0.3 is 10.2 Å². The monoisotopic (exact) mass is 570 g/mol. The number of halogens is 2. The molecule has 1 N–H and O–H groups in total. The van der Waals surface area contributed by atoms with Crippen molar-refractivity contribution in [2.24, 2.45) is 5.92 Å². The molecule has 0 aromatic heterocycles. The molecule has 0 unspecified atom stereocenters. The van der Waals surface area contributed by atoms with Crippen molar-refractivity contribution in [3.63, 3.8) is 0 Å². The van der Waals surface area contributed by atoms with Crippen LogP contribution in [0.5, 0.6) is 0 Å². The van der Waals surface area contributed by atoms with Crippen LogP contribution >= 0.6 is 15.9 Å². The van der Waals surface area contributed by atoms with Crippen molar-refractivity contribution in [3.05, 3.63) is 64.4 Å². The van der Waals surface area contributed by atoms with Gasteiger partial charge in [0.25, 0.3) is 0 Å². The maximum Gasteiger partial charge on any atom is 0.304 e. The number of hydrogen-bond donors (Lipinski definition) is 1. The molecule has 192 valence electrons. The Morgan fingerprint density at radius 1 is 1.06 bits per heavy atom. The molecule has 0 bridgehead atoms. The number of para-hydroxylation sites is 1. The molecule has 11 heteroatoms. The molecule has 0 aliphatic heterocycles. The van der Waals surface area contributed by atoms with E-state index in [4.69, 9.17) is 0 Å². The summed E-state index contributed by atoms with van der Waals surface area (Å²) in [5, 5.41) is 2.81. The molecule has 0 radical (unpaired) electrons. The number of nitrogens with zero attached hydrogens (tertiary/aromatic N) is 3. The van der Waals surface area contributed by atoms with E-state index >= 15 is 0 Å². The molecule has 0 heterocycles. The molecule has 0 saturated carbocycles. The minimum Gasteiger partial charge on any atom is -0.354 e. The van der Waals surface area contributed by atoms with E-state index in [9.17, 15) is 22.4 Å². The Balaban J connectivity index is 2.45. The molecule has 0 spiro atoms. The molecule has 0 fully saturated rings. The Hall–Kier alpha value is -2.50. The number of rotatable bonds is 11. The van der Waals surface area contributed by atoms with Gasteiger partial charge in [-0.25, -0.2) is 8.70 Å². The summed E-state index contributed by atoms with van der Waals surface area (Å²) < 4.78 is 43.1. The van der Waals surface area contributed by atoms with Crippen molar-refractivity contribution in [2.75, 3.05) is 31.5 Å². The zero-order valence-corrected chi connectivity index (χ0v) is 22.9. The fraction of sp³-hybridized carbons (Fsp3) is 0.417. The lowest BCUT2D eigenvalue weighted by molar-refractivity contribution is -0.139. The summed E-state index contributed by atoms with van der Waals surface area (Å²) in [6.45, 7) is 5.29. The lowest BCUT2D eigenvalue weighted by Gasteiger charge is -2.33. The molecule has 1 atom stereocenters. The van der Waals surface area contributed by atoms with Crippen LogP contribution in [0.1, 0.15) is 26.3 Å². The number of hydrogen-bond acceptors (Lipinski definition) is 4. The third-order valence-corrected chi connectivity index (χ3v) is 7.53. The fourth-order valence-corrected chi connectivity index (χ4v) is 4.73. The van der Waals surface area contributed by atoms with Gasteiger partial charge in [-0.15, -0.1) is 0 Å². The molecular weight excluding hydrogens is 539 g/mol. The van der Waals surface area contributed by atoms with Gasteiger partial charge in [0.05, 0.1) is 5.69 Å². The van der Waals surface area contributed by atoms with E-state index in [0.717, 1.165) is 24.7 Å². The Morgan fingerprint density at radius 2 is 1.71 bits per heavy atom. The van der Waals surface area contributed by atoms with Crippen LogP contribution < -0.4 is 9.62 Å². The highest BCUT2D eigenvalue weighted by Gasteiger charge is 2.33. The molecule has 2 rings (SSSR count). The molecule has 2 aromatic carbocycles. The predicted molar refractivity (Wildman–Crippen MR) is 138 cm³/mol. The van der Waals surface area contributed by atoms with Gasteiger partial charge in [0.2, 0.25) is 11.8 Å². The Bertz CT molecular complexity index is 1140. The third kappa shape index (κ3) is 7.74. The van der Waals surface area contributed by atoms with Crippen LogP contribution in [0.25, 0.3) is 0 Å². The van der Waals surface area contributed by atoms with Crippen molar-refractivity contribution < 1.29 is 22.4 Å². The second kappa shape index (κ2) is 12.5. The zero-order chi connectivity index (χ0) is 26.3. The standard InChI is InChI=1S/C24H32BrFN4O4S/c1-17(2)14-27-24(32)18(3)29(15-19-9-8-10-20(25)13-19)23(31)16-30(35(33,34)28(4)5)22-12-7-6-11-21(22)26/h6-13,17-18H,14-16H2,1-5H3,(H,27,32)/t18-/m1/s1. The van der Waals surface area contributed by atoms with E-state index in [1.165, 1.54) is 37.2 Å². The predicted octanol–water partition coefficient (Wildman–Crippen LogP) is 3.39. The lowest BCUT2D eigenvalue weighted by Crippen LogP contribution is -2.52. The molecular formula is C24H32BrFN4O4S. The first kappa shape index (κ1) is 28.7. The number of amides is 2. The van der Waals surface area contributed by atoms with Crippen molar-refractivity contribution in [3.8, 4) is 0 Å². The minimum absolute atomic E-state index is 0.0572. The molecule has 35 heavy (non-hydrogen) atoms. The molecule has 0 aliphatic carbocycles. The van der Waals surface area contributed by atoms with E-state index in [0.29, 0.717) is 6.54 Å². The number of carbonyl (C=O) groups excluding carboxylic acids is 2. The summed E-state index contributed by atoms with van der Waals surface area (Å²) in [4.78, 5) is 27.7. The van der Waals surface area contributed by atoms with Gasteiger partial charge in [-0.1, -0.05) is 54.0 Å². The number of carbonyl (C=O) groups is 2. The van der Waals surface area contributed by atoms with Gasteiger partial charge in [-0.2, -0.15) is 12.7 Å². The van der Waals surface area contributed by atoms with Crippen LogP contribution in [0.2, 0.25) is 0 Å². The van der Waals surface area contributed by atoms with E-state index in [2.05, 4.69) is 21.2 Å². The first-order chi connectivity index (χ1) is 16.3. The van der Waals surface area contributed by atoms with Crippen LogP contribution in [-0.4, -0.2) is 62.7 Å². The average molecular weight is 572 g/mol. The van der Waals surface area contributed by atoms with Crippen molar-refractivity contribution in [2.45, 2.75) is 33.4 Å². The van der Waals surface area contributed by atoms with Crippen LogP contribution in [0, 0.1) is 11.7 Å². The lowest BCUT2D eigenvalue weighted by atomic mass is 10.1. The summed E-state index contributed by atoms with van der Waals surface area (Å²) in [5.74, 6) is -1.59. The molecule has 8 nitrogen and oxygen atoms in total. The number of nitrogens with one attached hydrogen (secondary N) is 1. The molecule has 0 aliphatic rings. The summed E-state index contributed by atoms with van der Waals surface area (Å²) in [7, 11) is -1.62. The highest BCUT2D eigenvalue weighted by atomic mass is 79.9. The maximum atomic E-state index is 14.6. The van der Waals surface area contributed by atoms with E-state index in [-0.39, 0.29) is 24.1 Å². The van der Waals surface area contributed by atoms with Gasteiger partial charge in [-0.3, -0.25) is 9.59 Å². The smallest absolute Gasteiger partial charge is 0.304 e. The normalized spacial score (nSPS) is 12.5. The van der Waals surface area contributed by atoms with E-state index in [1.807, 2.05) is 26.0 Å². The quantitative estimate of drug-likeness (QED) is 0.448. The van der Waals surface area contributed by atoms with Gasteiger partial charge in [0.1, 0.15) is 18.4 Å². The van der Waals surface area contributed by atoms with Crippen LogP contribution in [0.15, 0.2) is 53.0 Å². The van der Waals surface area contributed by atoms with E-state index < -0.39 is 34.5 Å². The van der Waals surface area contributed by atoms with Gasteiger partial charge < -0.3 is 10.2 Å². The second-order valence-corrected chi connectivity index (χ2v) is 11.7. The Kier molecular flexibility index (Phi) is 10.2. The fourth-order valence-electron chi connectivity index (χ4n) is 3.22. The second-order valence-electron chi connectivity index (χ2n) is 8.71. The minimum atomic E-state index is -4.22. The number of anilines is 1. The Morgan fingerprint density at radius 3 is 2.29 bits per heavy atom. The van der Waals surface area contributed by atoms with Crippen LogP contribution in [0.3, 0.4) is 0 Å². The molecule has 2 aromatic rings. The van der Waals surface area contributed by atoms with Crippen molar-refractivity contribution in [1.29, 1.82) is 0 Å². The summed E-state index contributed by atoms with van der Waals surface area (Å²) in [6, 6.07) is 11.7. The first-order valence-electron chi connectivity index (χ1n) is 11.1. The summed E-state index contributed by atoms with van der Waals surface area (Å²) >= 11 is 3.40. The topological polar surface area (TPSA) is 90.0 Å². The highest BCUT2D eigenvalue weighted by Crippen LogP contribution is 2.24. The molecule has 0 saturated heterocycles. The molecule has 2 amide bonds. The van der Waals surface area contributed by atoms with Gasteiger partial charge in [-0.05, 0) is 42.7 Å². The third-order valence-electron chi connectivity index (χ3n) is 5.23.